The third-order valence-corrected chi connectivity index (χ3v) is 6.00. The molecule has 0 unspecified atom stereocenters. The van der Waals surface area contributed by atoms with E-state index in [0.717, 1.165) is 19.3 Å². The van der Waals surface area contributed by atoms with Gasteiger partial charge in [0.05, 0.1) is 16.5 Å². The summed E-state index contributed by atoms with van der Waals surface area (Å²) >= 11 is 0. The Bertz CT molecular complexity index is 925. The number of nitrogens with one attached hydrogen (secondary N) is 1. The van der Waals surface area contributed by atoms with E-state index in [9.17, 15) is 23.1 Å². The van der Waals surface area contributed by atoms with Crippen LogP contribution in [-0.4, -0.2) is 27.0 Å². The van der Waals surface area contributed by atoms with Crippen molar-refractivity contribution in [3.05, 3.63) is 23.5 Å². The molecule has 2 saturated carbocycles. The van der Waals surface area contributed by atoms with Crippen LogP contribution in [0.5, 0.6) is 0 Å². The molecule has 1 aromatic carbocycles. The van der Waals surface area contributed by atoms with Crippen molar-refractivity contribution in [1.82, 2.24) is 9.55 Å². The Morgan fingerprint density at radius 3 is 2.57 bits per heavy atom. The van der Waals surface area contributed by atoms with Gasteiger partial charge in [-0.15, -0.1) is 0 Å². The number of fused-ring (bicyclic) bond motifs is 1. The summed E-state index contributed by atoms with van der Waals surface area (Å²) in [4.78, 5) is 17.0. The van der Waals surface area contributed by atoms with Crippen LogP contribution in [0.3, 0.4) is 0 Å². The standard InChI is InChI=1S/C20H24F3N3O2/c1-19(2,28)11-8-13(21)16-14(9-11)26(12-4-3-5-12)18(24-16)25-17(27)20(6-7-20)10-15(22)23/h8-9,12,15,28H,3-7,10H2,1-2H3,(H,24,25,27). The van der Waals surface area contributed by atoms with Crippen molar-refractivity contribution in [2.75, 3.05) is 5.32 Å². The van der Waals surface area contributed by atoms with Gasteiger partial charge in [0.15, 0.2) is 5.82 Å². The highest BCUT2D eigenvalue weighted by atomic mass is 19.3. The average molecular weight is 395 g/mol. The lowest BCUT2D eigenvalue weighted by atomic mass is 9.92. The van der Waals surface area contributed by atoms with E-state index in [1.54, 1.807) is 24.5 Å². The zero-order valence-corrected chi connectivity index (χ0v) is 15.9. The number of halogens is 3. The molecule has 0 spiro atoms. The summed E-state index contributed by atoms with van der Waals surface area (Å²) in [5.41, 5.74) is -1.27. The summed E-state index contributed by atoms with van der Waals surface area (Å²) in [7, 11) is 0. The molecule has 2 aromatic rings. The van der Waals surface area contributed by atoms with E-state index in [0.29, 0.717) is 23.9 Å². The van der Waals surface area contributed by atoms with E-state index in [1.165, 1.54) is 6.07 Å². The van der Waals surface area contributed by atoms with Crippen LogP contribution in [0.1, 0.15) is 64.0 Å². The van der Waals surface area contributed by atoms with Crippen molar-refractivity contribution in [3.63, 3.8) is 0 Å². The smallest absolute Gasteiger partial charge is 0.239 e. The predicted octanol–water partition coefficient (Wildman–Crippen LogP) is 4.50. The molecule has 0 radical (unpaired) electrons. The van der Waals surface area contributed by atoms with Gasteiger partial charge in [0.2, 0.25) is 18.3 Å². The molecule has 2 aliphatic carbocycles. The van der Waals surface area contributed by atoms with Crippen LogP contribution in [-0.2, 0) is 10.4 Å². The predicted molar refractivity (Wildman–Crippen MR) is 98.7 cm³/mol. The molecule has 1 amide bonds. The van der Waals surface area contributed by atoms with Crippen LogP contribution in [0.4, 0.5) is 19.1 Å². The molecular weight excluding hydrogens is 371 g/mol. The summed E-state index contributed by atoms with van der Waals surface area (Å²) < 4.78 is 42.2. The SMILES string of the molecule is CC(C)(O)c1cc(F)c2nc(NC(=O)C3(CC(F)F)CC3)n(C3CCC3)c2c1. The summed E-state index contributed by atoms with van der Waals surface area (Å²) in [6.07, 6.45) is 0.565. The Morgan fingerprint density at radius 1 is 1.39 bits per heavy atom. The minimum absolute atomic E-state index is 0.0574. The second kappa shape index (κ2) is 6.47. The monoisotopic (exact) mass is 395 g/mol. The topological polar surface area (TPSA) is 67.2 Å². The Kier molecular flexibility index (Phi) is 4.45. The van der Waals surface area contributed by atoms with Gasteiger partial charge in [-0.1, -0.05) is 0 Å². The van der Waals surface area contributed by atoms with E-state index in [-0.39, 0.29) is 17.5 Å². The van der Waals surface area contributed by atoms with Crippen molar-refractivity contribution in [3.8, 4) is 0 Å². The number of aliphatic hydroxyl groups is 1. The summed E-state index contributed by atoms with van der Waals surface area (Å²) in [6, 6.07) is 2.98. The number of hydrogen-bond donors (Lipinski definition) is 2. The van der Waals surface area contributed by atoms with Crippen molar-refractivity contribution in [1.29, 1.82) is 0 Å². The van der Waals surface area contributed by atoms with Gasteiger partial charge in [-0.3, -0.25) is 10.1 Å². The fourth-order valence-corrected chi connectivity index (χ4v) is 3.81. The molecule has 2 N–H and O–H groups in total. The number of hydrogen-bond acceptors (Lipinski definition) is 3. The molecular formula is C20H24F3N3O2. The van der Waals surface area contributed by atoms with Gasteiger partial charge < -0.3 is 9.67 Å². The number of rotatable bonds is 6. The lowest BCUT2D eigenvalue weighted by Gasteiger charge is -2.29. The molecule has 0 bridgehead atoms. The number of carbonyl (C=O) groups is 1. The first kappa shape index (κ1) is 19.2. The van der Waals surface area contributed by atoms with Gasteiger partial charge >= 0.3 is 0 Å². The lowest BCUT2D eigenvalue weighted by molar-refractivity contribution is -0.122. The van der Waals surface area contributed by atoms with E-state index < -0.39 is 35.6 Å². The summed E-state index contributed by atoms with van der Waals surface area (Å²) in [6.45, 7) is 3.14. The van der Waals surface area contributed by atoms with Crippen LogP contribution in [0.25, 0.3) is 11.0 Å². The first-order chi connectivity index (χ1) is 13.1. The third kappa shape index (κ3) is 3.27. The molecule has 0 atom stereocenters. The van der Waals surface area contributed by atoms with Crippen molar-refractivity contribution < 1.29 is 23.1 Å². The number of benzene rings is 1. The highest BCUT2D eigenvalue weighted by Gasteiger charge is 2.51. The van der Waals surface area contributed by atoms with Crippen molar-refractivity contribution in [2.45, 2.75) is 70.4 Å². The number of carbonyl (C=O) groups excluding carboxylic acids is 1. The molecule has 2 aliphatic rings. The Hall–Kier alpha value is -2.09. The molecule has 28 heavy (non-hydrogen) atoms. The second-order valence-corrected chi connectivity index (χ2v) is 8.60. The van der Waals surface area contributed by atoms with Gasteiger partial charge in [-0.05, 0) is 63.6 Å². The molecule has 0 aliphatic heterocycles. The second-order valence-electron chi connectivity index (χ2n) is 8.60. The maximum absolute atomic E-state index is 14.7. The zero-order valence-electron chi connectivity index (χ0n) is 15.9. The minimum atomic E-state index is -2.55. The molecule has 0 saturated heterocycles. The van der Waals surface area contributed by atoms with Crippen molar-refractivity contribution >= 4 is 22.9 Å². The highest BCUT2D eigenvalue weighted by Crippen LogP contribution is 2.51. The average Bonchev–Trinajstić information content (AvgIpc) is 3.22. The maximum Gasteiger partial charge on any atom is 0.239 e. The van der Waals surface area contributed by atoms with E-state index >= 15 is 0 Å². The Morgan fingerprint density at radius 2 is 2.07 bits per heavy atom. The lowest BCUT2D eigenvalue weighted by Crippen LogP contribution is -2.29. The molecule has 2 fully saturated rings. The van der Waals surface area contributed by atoms with E-state index in [2.05, 4.69) is 10.3 Å². The zero-order chi connectivity index (χ0) is 20.3. The Balaban J connectivity index is 1.76. The van der Waals surface area contributed by atoms with Gasteiger partial charge in [-0.2, -0.15) is 0 Å². The molecule has 1 aromatic heterocycles. The van der Waals surface area contributed by atoms with Gasteiger partial charge in [0.1, 0.15) is 5.52 Å². The van der Waals surface area contributed by atoms with Gasteiger partial charge in [0, 0.05) is 12.5 Å². The fourth-order valence-electron chi connectivity index (χ4n) is 3.81. The normalized spacial score (nSPS) is 19.1. The maximum atomic E-state index is 14.7. The molecule has 5 nitrogen and oxygen atoms in total. The van der Waals surface area contributed by atoms with E-state index in [1.807, 2.05) is 0 Å². The van der Waals surface area contributed by atoms with Crippen LogP contribution in [0.2, 0.25) is 0 Å². The molecule has 4 rings (SSSR count). The number of alkyl halides is 2. The molecule has 8 heteroatoms. The number of aromatic nitrogens is 2. The van der Waals surface area contributed by atoms with Gasteiger partial charge in [-0.25, -0.2) is 18.2 Å². The number of nitrogens with zero attached hydrogens (tertiary/aromatic N) is 2. The van der Waals surface area contributed by atoms with Crippen LogP contribution >= 0.6 is 0 Å². The highest BCUT2D eigenvalue weighted by molar-refractivity contribution is 5.97. The number of imidazole rings is 1. The first-order valence-electron chi connectivity index (χ1n) is 9.65. The third-order valence-electron chi connectivity index (χ3n) is 6.00. The fraction of sp³-hybridized carbons (Fsp3) is 0.600. The molecule has 1 heterocycles. The number of amides is 1. The largest absolute Gasteiger partial charge is 0.386 e. The van der Waals surface area contributed by atoms with Crippen LogP contribution in [0, 0.1) is 11.2 Å². The van der Waals surface area contributed by atoms with Gasteiger partial charge in [0.25, 0.3) is 0 Å². The Labute approximate surface area is 160 Å². The first-order valence-corrected chi connectivity index (χ1v) is 9.65. The minimum Gasteiger partial charge on any atom is -0.386 e. The van der Waals surface area contributed by atoms with Crippen molar-refractivity contribution in [2.24, 2.45) is 5.41 Å². The van der Waals surface area contributed by atoms with E-state index in [4.69, 9.17) is 0 Å². The molecule has 152 valence electrons. The quantitative estimate of drug-likeness (QED) is 0.757. The number of anilines is 1. The van der Waals surface area contributed by atoms with Crippen LogP contribution in [0.15, 0.2) is 12.1 Å². The summed E-state index contributed by atoms with van der Waals surface area (Å²) in [5.74, 6) is -0.874. The van der Waals surface area contributed by atoms with Crippen LogP contribution < -0.4 is 5.32 Å². The summed E-state index contributed by atoms with van der Waals surface area (Å²) in [5, 5.41) is 13.0.